The molecule has 0 fully saturated rings. The topological polar surface area (TPSA) is 127 Å². The summed E-state index contributed by atoms with van der Waals surface area (Å²) in [5.41, 5.74) is 6.23. The summed E-state index contributed by atoms with van der Waals surface area (Å²) >= 11 is 6.11. The summed E-state index contributed by atoms with van der Waals surface area (Å²) in [5.74, 6) is 5.59. The smallest absolute Gasteiger partial charge is 0.403 e. The number of nitrogens with two attached hydrogens (primary N) is 2. The minimum Gasteiger partial charge on any atom is -0.403 e. The lowest BCUT2D eigenvalue weighted by Gasteiger charge is -2.26. The van der Waals surface area contributed by atoms with Gasteiger partial charge in [0.05, 0.1) is 28.6 Å². The molecular weight excluding hydrogens is 598 g/mol. The van der Waals surface area contributed by atoms with Crippen molar-refractivity contribution in [3.63, 3.8) is 0 Å². The van der Waals surface area contributed by atoms with Crippen LogP contribution in [0, 0.1) is 12.7 Å². The molecule has 0 aliphatic carbocycles. The van der Waals surface area contributed by atoms with E-state index in [1.807, 2.05) is 0 Å². The number of sulfone groups is 1. The van der Waals surface area contributed by atoms with Crippen LogP contribution in [0.15, 0.2) is 77.6 Å². The zero-order valence-electron chi connectivity index (χ0n) is 22.3. The van der Waals surface area contributed by atoms with Gasteiger partial charge in [0.1, 0.15) is 11.6 Å². The molecule has 0 saturated carbocycles. The van der Waals surface area contributed by atoms with Crippen molar-refractivity contribution in [1.82, 2.24) is 9.55 Å². The molecule has 5 N–H and O–H groups in total. The standard InChI is InChI=1S/C28H26ClF4N5O3S/c1-16-36-27(28(31,32)33)14-37(16)24-7-6-18(19-10-23(30)22(15-39)26(12-19)42(2,40)41)11-25(24)38(35)21(13-34)9-17-4-3-5-20(29)8-17/h3-8,10-14,39H,9,15,34-35H2,1-2H3/b21-13-. The summed E-state index contributed by atoms with van der Waals surface area (Å²) in [5, 5.41) is 11.2. The predicted octanol–water partition coefficient (Wildman–Crippen LogP) is 5.28. The lowest BCUT2D eigenvalue weighted by atomic mass is 10.0. The number of aryl methyl sites for hydroxylation is 1. The van der Waals surface area contributed by atoms with Crippen LogP contribution in [0.2, 0.25) is 5.02 Å². The molecule has 222 valence electrons. The van der Waals surface area contributed by atoms with E-state index in [0.717, 1.165) is 24.1 Å². The Morgan fingerprint density at radius 1 is 1.14 bits per heavy atom. The van der Waals surface area contributed by atoms with Crippen LogP contribution in [0.3, 0.4) is 0 Å². The van der Waals surface area contributed by atoms with E-state index >= 15 is 0 Å². The van der Waals surface area contributed by atoms with E-state index in [4.69, 9.17) is 23.2 Å². The fraction of sp³-hybridized carbons (Fsp3) is 0.179. The van der Waals surface area contributed by atoms with Crippen LogP contribution < -0.4 is 16.6 Å². The van der Waals surface area contributed by atoms with Gasteiger partial charge >= 0.3 is 6.18 Å². The van der Waals surface area contributed by atoms with Gasteiger partial charge in [-0.25, -0.2) is 23.6 Å². The number of nitrogens with zero attached hydrogens (tertiary/aromatic N) is 3. The quantitative estimate of drug-likeness (QED) is 0.138. The van der Waals surface area contributed by atoms with Gasteiger partial charge in [-0.1, -0.05) is 29.8 Å². The summed E-state index contributed by atoms with van der Waals surface area (Å²) in [6, 6.07) is 13.5. The van der Waals surface area contributed by atoms with Crippen molar-refractivity contribution in [3.05, 3.63) is 106 Å². The predicted molar refractivity (Wildman–Crippen MR) is 152 cm³/mol. The molecule has 0 bridgehead atoms. The summed E-state index contributed by atoms with van der Waals surface area (Å²) in [7, 11) is -3.94. The molecule has 1 aromatic heterocycles. The number of hydrogen-bond donors (Lipinski definition) is 3. The van der Waals surface area contributed by atoms with Crippen molar-refractivity contribution < 1.29 is 31.1 Å². The highest BCUT2D eigenvalue weighted by Crippen LogP contribution is 2.36. The Morgan fingerprint density at radius 2 is 1.86 bits per heavy atom. The molecule has 0 atom stereocenters. The molecule has 4 rings (SSSR count). The van der Waals surface area contributed by atoms with Crippen LogP contribution in [-0.2, 0) is 29.0 Å². The highest BCUT2D eigenvalue weighted by atomic mass is 35.5. The van der Waals surface area contributed by atoms with Crippen molar-refractivity contribution in [3.8, 4) is 16.8 Å². The van der Waals surface area contributed by atoms with Crippen LogP contribution in [0.4, 0.5) is 23.2 Å². The molecule has 4 aromatic rings. The molecule has 0 amide bonds. The molecule has 0 aliphatic rings. The SMILES string of the molecule is Cc1nc(C(F)(F)F)cn1-c1ccc(-c2cc(F)c(CO)c(S(C)(=O)=O)c2)cc1N(N)/C(=C\N)Cc1cccc(Cl)c1. The van der Waals surface area contributed by atoms with Gasteiger partial charge in [-0.3, -0.25) is 5.01 Å². The van der Waals surface area contributed by atoms with Gasteiger partial charge in [0.25, 0.3) is 0 Å². The molecule has 0 aliphatic heterocycles. The number of anilines is 1. The maximum atomic E-state index is 14.9. The number of hydrazine groups is 1. The molecule has 0 saturated heterocycles. The normalized spacial score (nSPS) is 12.5. The van der Waals surface area contributed by atoms with Crippen LogP contribution in [0.1, 0.15) is 22.6 Å². The zero-order chi connectivity index (χ0) is 31.0. The Hall–Kier alpha value is -3.91. The lowest BCUT2D eigenvalue weighted by Crippen LogP contribution is -2.33. The monoisotopic (exact) mass is 623 g/mol. The second-order valence-electron chi connectivity index (χ2n) is 9.44. The van der Waals surface area contributed by atoms with Gasteiger partial charge < -0.3 is 15.4 Å². The van der Waals surface area contributed by atoms with Crippen molar-refractivity contribution in [2.75, 3.05) is 11.3 Å². The second-order valence-corrected chi connectivity index (χ2v) is 11.9. The van der Waals surface area contributed by atoms with Crippen molar-refractivity contribution in [1.29, 1.82) is 0 Å². The third-order valence-corrected chi connectivity index (χ3v) is 7.89. The number of halogens is 5. The molecule has 8 nitrogen and oxygen atoms in total. The first-order chi connectivity index (χ1) is 19.6. The highest BCUT2D eigenvalue weighted by molar-refractivity contribution is 7.90. The number of aliphatic hydroxyl groups excluding tert-OH is 1. The zero-order valence-corrected chi connectivity index (χ0v) is 23.9. The number of benzene rings is 3. The number of allylic oxidation sites excluding steroid dienone is 1. The van der Waals surface area contributed by atoms with Gasteiger partial charge in [-0.15, -0.1) is 0 Å². The van der Waals surface area contributed by atoms with E-state index in [9.17, 15) is 31.1 Å². The molecule has 14 heteroatoms. The highest BCUT2D eigenvalue weighted by Gasteiger charge is 2.35. The Morgan fingerprint density at radius 3 is 2.43 bits per heavy atom. The van der Waals surface area contributed by atoms with Crippen LogP contribution in [0.25, 0.3) is 16.8 Å². The molecule has 42 heavy (non-hydrogen) atoms. The van der Waals surface area contributed by atoms with Gasteiger partial charge in [0.15, 0.2) is 15.5 Å². The van der Waals surface area contributed by atoms with E-state index in [1.54, 1.807) is 24.3 Å². The number of rotatable bonds is 8. The second kappa shape index (κ2) is 11.8. The van der Waals surface area contributed by atoms with Gasteiger partial charge in [-0.2, -0.15) is 13.2 Å². The average Bonchev–Trinajstić information content (AvgIpc) is 3.32. The minimum absolute atomic E-state index is 0.00977. The van der Waals surface area contributed by atoms with Crippen LogP contribution in [0.5, 0.6) is 0 Å². The largest absolute Gasteiger partial charge is 0.434 e. The van der Waals surface area contributed by atoms with E-state index < -0.39 is 39.0 Å². The van der Waals surface area contributed by atoms with Gasteiger partial charge in [0.2, 0.25) is 0 Å². The number of imidazole rings is 1. The Balaban J connectivity index is 1.93. The van der Waals surface area contributed by atoms with E-state index in [2.05, 4.69) is 4.98 Å². The molecular formula is C28H26ClF4N5O3S. The molecule has 0 radical (unpaired) electrons. The van der Waals surface area contributed by atoms with Crippen LogP contribution in [-0.4, -0.2) is 29.3 Å². The van der Waals surface area contributed by atoms with Gasteiger partial charge in [0, 0.05) is 35.7 Å². The molecule has 1 heterocycles. The Bertz CT molecular complexity index is 1790. The first kappa shape index (κ1) is 31.0. The van der Waals surface area contributed by atoms with Crippen molar-refractivity contribution in [2.24, 2.45) is 11.6 Å². The maximum Gasteiger partial charge on any atom is 0.434 e. The van der Waals surface area contributed by atoms with Crippen molar-refractivity contribution >= 4 is 27.1 Å². The maximum absolute atomic E-state index is 14.9. The molecule has 0 unspecified atom stereocenters. The van der Waals surface area contributed by atoms with Crippen molar-refractivity contribution in [2.45, 2.75) is 31.0 Å². The Kier molecular flexibility index (Phi) is 8.69. The first-order valence-electron chi connectivity index (χ1n) is 12.3. The third-order valence-electron chi connectivity index (χ3n) is 6.49. The fourth-order valence-corrected chi connectivity index (χ4v) is 5.61. The third kappa shape index (κ3) is 6.44. The summed E-state index contributed by atoms with van der Waals surface area (Å²) in [6.07, 6.45) is -1.58. The summed E-state index contributed by atoms with van der Waals surface area (Å²) < 4.78 is 81.3. The van der Waals surface area contributed by atoms with E-state index in [1.165, 1.54) is 47.0 Å². The van der Waals surface area contributed by atoms with Gasteiger partial charge in [-0.05, 0) is 60.0 Å². The first-order valence-corrected chi connectivity index (χ1v) is 14.5. The average molecular weight is 624 g/mol. The minimum atomic E-state index is -4.71. The van der Waals surface area contributed by atoms with E-state index in [-0.39, 0.29) is 40.3 Å². The number of aromatic nitrogens is 2. The number of alkyl halides is 3. The number of hydrogen-bond acceptors (Lipinski definition) is 7. The number of aliphatic hydroxyl groups is 1. The fourth-order valence-electron chi connectivity index (χ4n) is 4.45. The summed E-state index contributed by atoms with van der Waals surface area (Å²) in [6.45, 7) is 0.547. The summed E-state index contributed by atoms with van der Waals surface area (Å²) in [4.78, 5) is 3.23. The van der Waals surface area contributed by atoms with E-state index in [0.29, 0.717) is 10.7 Å². The molecule has 3 aromatic carbocycles. The Labute approximate surface area is 244 Å². The lowest BCUT2D eigenvalue weighted by molar-refractivity contribution is -0.141. The van der Waals surface area contributed by atoms with Crippen LogP contribution >= 0.6 is 11.6 Å². The molecule has 0 spiro atoms.